The van der Waals surface area contributed by atoms with Gasteiger partial charge in [-0.3, -0.25) is 9.59 Å². The van der Waals surface area contributed by atoms with Gasteiger partial charge in [0.2, 0.25) is 0 Å². The fourth-order valence-electron chi connectivity index (χ4n) is 2.77. The molecular weight excluding hydrogens is 254 g/mol. The van der Waals surface area contributed by atoms with E-state index in [-0.39, 0.29) is 22.9 Å². The molecule has 0 radical (unpaired) electrons. The molecule has 0 aromatic carbocycles. The SMILES string of the molecule is CNCCC1CCCCN1C(=O)c1c[nH]c(C)cc1=O. The zero-order chi connectivity index (χ0) is 14.5. The van der Waals surface area contributed by atoms with Gasteiger partial charge in [0.1, 0.15) is 5.56 Å². The summed E-state index contributed by atoms with van der Waals surface area (Å²) in [5.41, 5.74) is 0.841. The second-order valence-electron chi connectivity index (χ2n) is 5.43. The molecule has 0 saturated carbocycles. The molecule has 110 valence electrons. The summed E-state index contributed by atoms with van der Waals surface area (Å²) in [5, 5.41) is 3.13. The van der Waals surface area contributed by atoms with E-state index in [0.717, 1.165) is 44.5 Å². The molecule has 2 N–H and O–H groups in total. The summed E-state index contributed by atoms with van der Waals surface area (Å²) in [6, 6.07) is 1.73. The Hall–Kier alpha value is -1.62. The fourth-order valence-corrected chi connectivity index (χ4v) is 2.77. The number of H-pyrrole nitrogens is 1. The van der Waals surface area contributed by atoms with E-state index >= 15 is 0 Å². The van der Waals surface area contributed by atoms with Crippen molar-refractivity contribution in [3.63, 3.8) is 0 Å². The molecule has 1 aliphatic heterocycles. The lowest BCUT2D eigenvalue weighted by molar-refractivity contribution is 0.0601. The lowest BCUT2D eigenvalue weighted by Gasteiger charge is -2.35. The van der Waals surface area contributed by atoms with Crippen molar-refractivity contribution in [2.45, 2.75) is 38.6 Å². The number of aromatic amines is 1. The molecule has 0 aliphatic carbocycles. The van der Waals surface area contributed by atoms with E-state index in [2.05, 4.69) is 10.3 Å². The van der Waals surface area contributed by atoms with Crippen LogP contribution in [0, 0.1) is 6.92 Å². The second-order valence-corrected chi connectivity index (χ2v) is 5.43. The molecule has 0 bridgehead atoms. The minimum atomic E-state index is -0.191. The first-order valence-corrected chi connectivity index (χ1v) is 7.28. The van der Waals surface area contributed by atoms with Crippen molar-refractivity contribution in [1.29, 1.82) is 0 Å². The van der Waals surface area contributed by atoms with Crippen molar-refractivity contribution < 1.29 is 4.79 Å². The molecule has 2 heterocycles. The zero-order valence-electron chi connectivity index (χ0n) is 12.2. The Morgan fingerprint density at radius 2 is 2.30 bits per heavy atom. The summed E-state index contributed by atoms with van der Waals surface area (Å²) in [4.78, 5) is 29.4. The number of rotatable bonds is 4. The molecule has 1 atom stereocenters. The summed E-state index contributed by atoms with van der Waals surface area (Å²) in [6.07, 6.45) is 5.68. The van der Waals surface area contributed by atoms with Crippen LogP contribution in [-0.4, -0.2) is 42.0 Å². The molecule has 1 fully saturated rings. The molecule has 1 amide bonds. The Bertz CT molecular complexity index is 524. The average Bonchev–Trinajstić information content (AvgIpc) is 2.45. The van der Waals surface area contributed by atoms with Crippen LogP contribution in [-0.2, 0) is 0 Å². The molecular formula is C15H23N3O2. The van der Waals surface area contributed by atoms with E-state index in [1.807, 2.05) is 18.9 Å². The van der Waals surface area contributed by atoms with Gasteiger partial charge in [-0.1, -0.05) is 0 Å². The summed E-state index contributed by atoms with van der Waals surface area (Å²) in [7, 11) is 1.92. The summed E-state index contributed by atoms with van der Waals surface area (Å²) < 4.78 is 0. The number of nitrogens with zero attached hydrogens (tertiary/aromatic N) is 1. The van der Waals surface area contributed by atoms with Crippen molar-refractivity contribution in [1.82, 2.24) is 15.2 Å². The van der Waals surface area contributed by atoms with Crippen molar-refractivity contribution in [2.75, 3.05) is 20.1 Å². The number of hydrogen-bond donors (Lipinski definition) is 2. The number of piperidine rings is 1. The Kier molecular flexibility index (Phi) is 4.95. The van der Waals surface area contributed by atoms with Gasteiger partial charge in [0.15, 0.2) is 5.43 Å². The van der Waals surface area contributed by atoms with Gasteiger partial charge in [0.05, 0.1) is 0 Å². The topological polar surface area (TPSA) is 65.2 Å². The van der Waals surface area contributed by atoms with Crippen molar-refractivity contribution >= 4 is 5.91 Å². The molecule has 1 aliphatic rings. The normalized spacial score (nSPS) is 19.1. The maximum atomic E-state index is 12.6. The van der Waals surface area contributed by atoms with Crippen LogP contribution >= 0.6 is 0 Å². The minimum Gasteiger partial charge on any atom is -0.364 e. The van der Waals surface area contributed by atoms with Crippen molar-refractivity contribution in [3.05, 3.63) is 33.7 Å². The van der Waals surface area contributed by atoms with Crippen LogP contribution in [0.2, 0.25) is 0 Å². The first-order chi connectivity index (χ1) is 9.63. The smallest absolute Gasteiger partial charge is 0.259 e. The Balaban J connectivity index is 2.18. The lowest BCUT2D eigenvalue weighted by atomic mass is 9.98. The number of aromatic nitrogens is 1. The van der Waals surface area contributed by atoms with Crippen LogP contribution in [0.5, 0.6) is 0 Å². The van der Waals surface area contributed by atoms with Crippen LogP contribution in [0.25, 0.3) is 0 Å². The van der Waals surface area contributed by atoms with Gasteiger partial charge in [-0.05, 0) is 46.2 Å². The second kappa shape index (κ2) is 6.70. The molecule has 5 nitrogen and oxygen atoms in total. The van der Waals surface area contributed by atoms with E-state index in [4.69, 9.17) is 0 Å². The molecule has 1 unspecified atom stereocenters. The van der Waals surface area contributed by atoms with Crippen LogP contribution in [0.15, 0.2) is 17.1 Å². The highest BCUT2D eigenvalue weighted by atomic mass is 16.2. The van der Waals surface area contributed by atoms with Gasteiger partial charge in [0, 0.05) is 30.5 Å². The average molecular weight is 277 g/mol. The standard InChI is InChI=1S/C15H23N3O2/c1-11-9-14(19)13(10-17-11)15(20)18-8-4-3-5-12(18)6-7-16-2/h9-10,12,16H,3-8H2,1-2H3,(H,17,19). The third-order valence-electron chi connectivity index (χ3n) is 3.90. The number of amides is 1. The number of nitrogens with one attached hydrogen (secondary N) is 2. The number of pyridine rings is 1. The van der Waals surface area contributed by atoms with E-state index < -0.39 is 0 Å². The molecule has 1 aromatic rings. The summed E-state index contributed by atoms with van der Waals surface area (Å²) in [6.45, 7) is 3.45. The van der Waals surface area contributed by atoms with E-state index in [1.165, 1.54) is 6.07 Å². The first-order valence-electron chi connectivity index (χ1n) is 7.28. The van der Waals surface area contributed by atoms with Crippen LogP contribution in [0.4, 0.5) is 0 Å². The van der Waals surface area contributed by atoms with Crippen molar-refractivity contribution in [3.8, 4) is 0 Å². The van der Waals surface area contributed by atoms with E-state index in [1.54, 1.807) is 6.20 Å². The summed E-state index contributed by atoms with van der Waals surface area (Å²) >= 11 is 0. The zero-order valence-corrected chi connectivity index (χ0v) is 12.2. The summed E-state index contributed by atoms with van der Waals surface area (Å²) in [5.74, 6) is -0.132. The predicted molar refractivity (Wildman–Crippen MR) is 79.0 cm³/mol. The molecule has 20 heavy (non-hydrogen) atoms. The highest BCUT2D eigenvalue weighted by molar-refractivity contribution is 5.94. The minimum absolute atomic E-state index is 0.132. The highest BCUT2D eigenvalue weighted by Crippen LogP contribution is 2.21. The third-order valence-corrected chi connectivity index (χ3v) is 3.90. The highest BCUT2D eigenvalue weighted by Gasteiger charge is 2.28. The van der Waals surface area contributed by atoms with Crippen LogP contribution in [0.3, 0.4) is 0 Å². The number of aryl methyl sites for hydroxylation is 1. The number of carbonyl (C=O) groups excluding carboxylic acids is 1. The van der Waals surface area contributed by atoms with Gasteiger partial charge in [-0.2, -0.15) is 0 Å². The van der Waals surface area contributed by atoms with Crippen LogP contribution < -0.4 is 10.7 Å². The lowest BCUT2D eigenvalue weighted by Crippen LogP contribution is -2.46. The third kappa shape index (κ3) is 3.28. The number of hydrogen-bond acceptors (Lipinski definition) is 3. The molecule has 0 spiro atoms. The van der Waals surface area contributed by atoms with Crippen molar-refractivity contribution in [2.24, 2.45) is 0 Å². The molecule has 2 rings (SSSR count). The Morgan fingerprint density at radius 3 is 3.00 bits per heavy atom. The van der Waals surface area contributed by atoms with E-state index in [9.17, 15) is 9.59 Å². The predicted octanol–water partition coefficient (Wildman–Crippen LogP) is 1.29. The molecule has 1 saturated heterocycles. The number of likely N-dealkylation sites (tertiary alicyclic amines) is 1. The molecule has 5 heteroatoms. The first kappa shape index (κ1) is 14.8. The fraction of sp³-hybridized carbons (Fsp3) is 0.600. The Morgan fingerprint density at radius 1 is 1.50 bits per heavy atom. The van der Waals surface area contributed by atoms with Crippen LogP contribution in [0.1, 0.15) is 41.7 Å². The molecule has 1 aromatic heterocycles. The monoisotopic (exact) mass is 277 g/mol. The van der Waals surface area contributed by atoms with Gasteiger partial charge >= 0.3 is 0 Å². The van der Waals surface area contributed by atoms with Gasteiger partial charge in [-0.15, -0.1) is 0 Å². The maximum Gasteiger partial charge on any atom is 0.259 e. The largest absolute Gasteiger partial charge is 0.364 e. The van der Waals surface area contributed by atoms with Gasteiger partial charge < -0.3 is 15.2 Å². The van der Waals surface area contributed by atoms with E-state index in [0.29, 0.717) is 0 Å². The maximum absolute atomic E-state index is 12.6. The quantitative estimate of drug-likeness (QED) is 0.871. The number of carbonyl (C=O) groups is 1. The van der Waals surface area contributed by atoms with Gasteiger partial charge in [-0.25, -0.2) is 0 Å². The van der Waals surface area contributed by atoms with Gasteiger partial charge in [0.25, 0.3) is 5.91 Å². The Labute approximate surface area is 119 Å².